The maximum atomic E-state index is 13.2. The summed E-state index contributed by atoms with van der Waals surface area (Å²) < 4.78 is 5.94. The van der Waals surface area contributed by atoms with E-state index in [0.29, 0.717) is 6.61 Å². The van der Waals surface area contributed by atoms with Crippen LogP contribution >= 0.6 is 0 Å². The number of piperidine rings is 1. The van der Waals surface area contributed by atoms with E-state index in [1.807, 2.05) is 42.5 Å². The molecule has 2 aliphatic rings. The highest BCUT2D eigenvalue weighted by atomic mass is 16.5. The summed E-state index contributed by atoms with van der Waals surface area (Å²) in [6.07, 6.45) is 6.67. The van der Waals surface area contributed by atoms with Crippen molar-refractivity contribution >= 4 is 11.6 Å². The SMILES string of the molecule is C[C@@H]1CCCN(CCOc2ccc(NC(=O)C3(c4ccccc4)CCCC3)cc2)C1. The normalized spacial score (nSPS) is 21.3. The molecule has 0 aromatic heterocycles. The first kappa shape index (κ1) is 20.9. The molecule has 4 rings (SSSR count). The number of anilines is 1. The van der Waals surface area contributed by atoms with Crippen LogP contribution in [0.4, 0.5) is 5.69 Å². The van der Waals surface area contributed by atoms with Crippen LogP contribution in [0, 0.1) is 5.92 Å². The summed E-state index contributed by atoms with van der Waals surface area (Å²) in [5.74, 6) is 1.76. The number of ether oxygens (including phenoxy) is 1. The predicted molar refractivity (Wildman–Crippen MR) is 122 cm³/mol. The number of likely N-dealkylation sites (tertiary alicyclic amines) is 1. The second-order valence-corrected chi connectivity index (χ2v) is 9.03. The van der Waals surface area contributed by atoms with Gasteiger partial charge in [-0.2, -0.15) is 0 Å². The summed E-state index contributed by atoms with van der Waals surface area (Å²) in [4.78, 5) is 15.7. The molecule has 1 aliphatic heterocycles. The minimum absolute atomic E-state index is 0.110. The van der Waals surface area contributed by atoms with E-state index >= 15 is 0 Å². The molecule has 1 amide bonds. The average Bonchev–Trinajstić information content (AvgIpc) is 3.27. The van der Waals surface area contributed by atoms with Gasteiger partial charge in [0.1, 0.15) is 12.4 Å². The Balaban J connectivity index is 1.32. The minimum atomic E-state index is -0.401. The molecule has 0 spiro atoms. The first-order chi connectivity index (χ1) is 14.7. The molecule has 1 aliphatic carbocycles. The fourth-order valence-corrected chi connectivity index (χ4v) is 5.05. The van der Waals surface area contributed by atoms with Gasteiger partial charge < -0.3 is 10.1 Å². The third-order valence-electron chi connectivity index (χ3n) is 6.75. The number of carbonyl (C=O) groups excluding carboxylic acids is 1. The molecule has 2 fully saturated rings. The molecule has 2 aromatic carbocycles. The minimum Gasteiger partial charge on any atom is -0.492 e. The number of nitrogens with zero attached hydrogens (tertiary/aromatic N) is 1. The Morgan fingerprint density at radius 1 is 1.07 bits per heavy atom. The van der Waals surface area contributed by atoms with Crippen molar-refractivity contribution in [3.63, 3.8) is 0 Å². The zero-order valence-corrected chi connectivity index (χ0v) is 18.1. The molecule has 1 atom stereocenters. The molecular formula is C26H34N2O2. The van der Waals surface area contributed by atoms with Gasteiger partial charge in [0.2, 0.25) is 5.91 Å². The lowest BCUT2D eigenvalue weighted by atomic mass is 9.78. The molecule has 0 bridgehead atoms. The van der Waals surface area contributed by atoms with Gasteiger partial charge in [-0.25, -0.2) is 0 Å². The van der Waals surface area contributed by atoms with E-state index in [1.54, 1.807) is 0 Å². The Morgan fingerprint density at radius 2 is 1.80 bits per heavy atom. The zero-order valence-electron chi connectivity index (χ0n) is 18.1. The van der Waals surface area contributed by atoms with Crippen molar-refractivity contribution in [3.05, 3.63) is 60.2 Å². The second-order valence-electron chi connectivity index (χ2n) is 9.03. The van der Waals surface area contributed by atoms with Crippen LogP contribution in [0.15, 0.2) is 54.6 Å². The van der Waals surface area contributed by atoms with Gasteiger partial charge in [-0.1, -0.05) is 50.1 Å². The Kier molecular flexibility index (Phi) is 6.73. The molecule has 4 nitrogen and oxygen atoms in total. The summed E-state index contributed by atoms with van der Waals surface area (Å²) in [6, 6.07) is 18.0. The van der Waals surface area contributed by atoms with Crippen LogP contribution < -0.4 is 10.1 Å². The summed E-state index contributed by atoms with van der Waals surface area (Å²) in [5, 5.41) is 3.16. The molecule has 4 heteroatoms. The molecule has 1 saturated heterocycles. The molecule has 1 N–H and O–H groups in total. The zero-order chi connectivity index (χ0) is 20.8. The quantitative estimate of drug-likeness (QED) is 0.683. The summed E-state index contributed by atoms with van der Waals surface area (Å²) >= 11 is 0. The van der Waals surface area contributed by atoms with E-state index < -0.39 is 5.41 Å². The van der Waals surface area contributed by atoms with Crippen molar-refractivity contribution in [2.75, 3.05) is 31.6 Å². The monoisotopic (exact) mass is 406 g/mol. The molecule has 2 aromatic rings. The maximum absolute atomic E-state index is 13.2. The number of nitrogens with one attached hydrogen (secondary N) is 1. The molecule has 1 saturated carbocycles. The lowest BCUT2D eigenvalue weighted by Gasteiger charge is -2.30. The number of amides is 1. The fourth-order valence-electron chi connectivity index (χ4n) is 5.05. The number of benzene rings is 2. The highest BCUT2D eigenvalue weighted by Crippen LogP contribution is 2.42. The molecule has 160 valence electrons. The van der Waals surface area contributed by atoms with Gasteiger partial charge in [0.25, 0.3) is 0 Å². The van der Waals surface area contributed by atoms with Crippen molar-refractivity contribution in [2.24, 2.45) is 5.92 Å². The van der Waals surface area contributed by atoms with Crippen LogP contribution in [-0.4, -0.2) is 37.0 Å². The molecular weight excluding hydrogens is 372 g/mol. The van der Waals surface area contributed by atoms with Crippen LogP contribution in [0.1, 0.15) is 51.0 Å². The van der Waals surface area contributed by atoms with Gasteiger partial charge in [-0.05, 0) is 68.0 Å². The van der Waals surface area contributed by atoms with Gasteiger partial charge in [0.05, 0.1) is 5.41 Å². The molecule has 30 heavy (non-hydrogen) atoms. The summed E-state index contributed by atoms with van der Waals surface area (Å²) in [5.41, 5.74) is 1.56. The Bertz CT molecular complexity index is 813. The van der Waals surface area contributed by atoms with E-state index in [-0.39, 0.29) is 5.91 Å². The van der Waals surface area contributed by atoms with Crippen LogP contribution in [0.25, 0.3) is 0 Å². The topological polar surface area (TPSA) is 41.6 Å². The Labute approximate surface area is 180 Å². The third-order valence-corrected chi connectivity index (χ3v) is 6.75. The largest absolute Gasteiger partial charge is 0.492 e. The number of hydrogen-bond donors (Lipinski definition) is 1. The second kappa shape index (κ2) is 9.65. The van der Waals surface area contributed by atoms with Gasteiger partial charge in [0.15, 0.2) is 0 Å². The smallest absolute Gasteiger partial charge is 0.235 e. The highest BCUT2D eigenvalue weighted by molar-refractivity contribution is 5.99. The van der Waals surface area contributed by atoms with Gasteiger partial charge in [-0.3, -0.25) is 9.69 Å². The average molecular weight is 407 g/mol. The number of rotatable bonds is 7. The van der Waals surface area contributed by atoms with Crippen LogP contribution in [0.3, 0.4) is 0 Å². The van der Waals surface area contributed by atoms with Gasteiger partial charge in [0, 0.05) is 18.8 Å². The van der Waals surface area contributed by atoms with E-state index in [4.69, 9.17) is 4.74 Å². The van der Waals surface area contributed by atoms with Crippen LogP contribution in [0.2, 0.25) is 0 Å². The molecule has 1 heterocycles. The van der Waals surface area contributed by atoms with E-state index in [0.717, 1.165) is 55.1 Å². The molecule has 0 radical (unpaired) electrons. The third kappa shape index (κ3) is 4.86. The van der Waals surface area contributed by atoms with Crippen molar-refractivity contribution in [3.8, 4) is 5.75 Å². The Morgan fingerprint density at radius 3 is 2.50 bits per heavy atom. The first-order valence-corrected chi connectivity index (χ1v) is 11.5. The highest BCUT2D eigenvalue weighted by Gasteiger charge is 2.42. The van der Waals surface area contributed by atoms with Crippen molar-refractivity contribution in [2.45, 2.75) is 50.9 Å². The van der Waals surface area contributed by atoms with Gasteiger partial charge in [-0.15, -0.1) is 0 Å². The lowest BCUT2D eigenvalue weighted by Crippen LogP contribution is -2.37. The van der Waals surface area contributed by atoms with Crippen molar-refractivity contribution in [1.29, 1.82) is 0 Å². The summed E-state index contributed by atoms with van der Waals surface area (Å²) in [7, 11) is 0. The van der Waals surface area contributed by atoms with Crippen molar-refractivity contribution < 1.29 is 9.53 Å². The standard InChI is InChI=1S/C26H34N2O2/c1-21-8-7-17-28(20-21)18-19-30-24-13-11-23(12-14-24)27-25(29)26(15-5-6-16-26)22-9-3-2-4-10-22/h2-4,9-14,21H,5-8,15-20H2,1H3,(H,27,29)/t21-/m1/s1. The van der Waals surface area contributed by atoms with Crippen LogP contribution in [-0.2, 0) is 10.2 Å². The van der Waals surface area contributed by atoms with Gasteiger partial charge >= 0.3 is 0 Å². The maximum Gasteiger partial charge on any atom is 0.235 e. The number of carbonyl (C=O) groups is 1. The first-order valence-electron chi connectivity index (χ1n) is 11.5. The Hall–Kier alpha value is -2.33. The number of hydrogen-bond acceptors (Lipinski definition) is 3. The summed E-state index contributed by atoms with van der Waals surface area (Å²) in [6.45, 7) is 6.37. The predicted octanol–water partition coefficient (Wildman–Crippen LogP) is 5.25. The van der Waals surface area contributed by atoms with Crippen molar-refractivity contribution in [1.82, 2.24) is 4.90 Å². The fraction of sp³-hybridized carbons (Fsp3) is 0.500. The van der Waals surface area contributed by atoms with E-state index in [1.165, 1.54) is 25.9 Å². The van der Waals surface area contributed by atoms with E-state index in [9.17, 15) is 4.79 Å². The van der Waals surface area contributed by atoms with Crippen LogP contribution in [0.5, 0.6) is 5.75 Å². The van der Waals surface area contributed by atoms with E-state index in [2.05, 4.69) is 29.3 Å². The molecule has 0 unspecified atom stereocenters. The lowest BCUT2D eigenvalue weighted by molar-refractivity contribution is -0.121.